The van der Waals surface area contributed by atoms with E-state index in [4.69, 9.17) is 0 Å². The molecule has 0 spiro atoms. The molecule has 1 amide bonds. The van der Waals surface area contributed by atoms with Gasteiger partial charge in [0.2, 0.25) is 5.91 Å². The van der Waals surface area contributed by atoms with E-state index >= 15 is 0 Å². The van der Waals surface area contributed by atoms with Crippen LogP contribution in [0.2, 0.25) is 0 Å². The monoisotopic (exact) mass is 248 g/mol. The summed E-state index contributed by atoms with van der Waals surface area (Å²) in [5.41, 5.74) is 0.589. The van der Waals surface area contributed by atoms with Crippen molar-refractivity contribution in [3.05, 3.63) is 23.9 Å². The molecule has 18 heavy (non-hydrogen) atoms. The van der Waals surface area contributed by atoms with Gasteiger partial charge in [-0.25, -0.2) is 4.98 Å². The first-order chi connectivity index (χ1) is 8.67. The van der Waals surface area contributed by atoms with Crippen molar-refractivity contribution in [3.63, 3.8) is 0 Å². The number of aromatic nitrogens is 1. The molecule has 0 radical (unpaired) electrons. The molecule has 0 aromatic carbocycles. The van der Waals surface area contributed by atoms with Gasteiger partial charge in [0.15, 0.2) is 0 Å². The molecule has 2 rings (SSSR count). The Kier molecular flexibility index (Phi) is 3.92. The summed E-state index contributed by atoms with van der Waals surface area (Å²) in [7, 11) is 1.34. The van der Waals surface area contributed by atoms with Crippen LogP contribution in [0.3, 0.4) is 0 Å². The van der Waals surface area contributed by atoms with Gasteiger partial charge >= 0.3 is 5.97 Å². The first kappa shape index (κ1) is 12.5. The molecule has 1 fully saturated rings. The fraction of sp³-hybridized carbons (Fsp3) is 0.462. The van der Waals surface area contributed by atoms with E-state index in [9.17, 15) is 9.59 Å². The number of anilines is 1. The second kappa shape index (κ2) is 5.62. The zero-order valence-electron chi connectivity index (χ0n) is 10.3. The van der Waals surface area contributed by atoms with E-state index in [0.717, 1.165) is 12.8 Å². The van der Waals surface area contributed by atoms with E-state index in [1.807, 2.05) is 0 Å². The Labute approximate surface area is 106 Å². The Hall–Kier alpha value is -1.91. The van der Waals surface area contributed by atoms with Gasteiger partial charge in [0.05, 0.1) is 19.2 Å². The van der Waals surface area contributed by atoms with Crippen molar-refractivity contribution < 1.29 is 14.3 Å². The fourth-order valence-electron chi connectivity index (χ4n) is 1.65. The molecule has 1 N–H and O–H groups in total. The highest BCUT2D eigenvalue weighted by molar-refractivity contribution is 5.90. The molecule has 0 atom stereocenters. The lowest BCUT2D eigenvalue weighted by Crippen LogP contribution is -2.14. The highest BCUT2D eigenvalue weighted by Crippen LogP contribution is 2.32. The summed E-state index contributed by atoms with van der Waals surface area (Å²) in [6.45, 7) is 0. The van der Waals surface area contributed by atoms with Gasteiger partial charge in [-0.1, -0.05) is 6.07 Å². The maximum atomic E-state index is 11.6. The lowest BCUT2D eigenvalue weighted by molar-refractivity contribution is -0.139. The van der Waals surface area contributed by atoms with E-state index in [2.05, 4.69) is 15.0 Å². The molecule has 1 aliphatic rings. The summed E-state index contributed by atoms with van der Waals surface area (Å²) >= 11 is 0. The summed E-state index contributed by atoms with van der Waals surface area (Å²) in [5, 5.41) is 2.74. The second-order valence-electron chi connectivity index (χ2n) is 4.46. The van der Waals surface area contributed by atoms with Crippen LogP contribution in [-0.4, -0.2) is 24.0 Å². The van der Waals surface area contributed by atoms with Crippen molar-refractivity contribution in [2.45, 2.75) is 25.7 Å². The normalized spacial score (nSPS) is 14.1. The third kappa shape index (κ3) is 3.84. The molecule has 0 aliphatic heterocycles. The Morgan fingerprint density at radius 3 is 2.89 bits per heavy atom. The van der Waals surface area contributed by atoms with Gasteiger partial charge < -0.3 is 10.1 Å². The summed E-state index contributed by atoms with van der Waals surface area (Å²) < 4.78 is 4.57. The number of nitrogens with zero attached hydrogens (tertiary/aromatic N) is 1. The van der Waals surface area contributed by atoms with Crippen LogP contribution in [0.25, 0.3) is 0 Å². The van der Waals surface area contributed by atoms with Crippen molar-refractivity contribution in [3.8, 4) is 0 Å². The zero-order chi connectivity index (χ0) is 13.0. The Morgan fingerprint density at radius 2 is 2.22 bits per heavy atom. The lowest BCUT2D eigenvalue weighted by atomic mass is 10.2. The van der Waals surface area contributed by atoms with Crippen LogP contribution in [0.4, 0.5) is 5.82 Å². The van der Waals surface area contributed by atoms with E-state index in [1.165, 1.54) is 7.11 Å². The van der Waals surface area contributed by atoms with Crippen LogP contribution < -0.4 is 5.32 Å². The smallest absolute Gasteiger partial charge is 0.311 e. The number of pyridine rings is 1. The predicted molar refractivity (Wildman–Crippen MR) is 65.9 cm³/mol. The third-order valence-corrected chi connectivity index (χ3v) is 2.80. The minimum atomic E-state index is -0.344. The topological polar surface area (TPSA) is 68.3 Å². The van der Waals surface area contributed by atoms with Crippen molar-refractivity contribution >= 4 is 17.7 Å². The van der Waals surface area contributed by atoms with Gasteiger partial charge in [-0.2, -0.15) is 0 Å². The molecular formula is C13H16N2O3. The van der Waals surface area contributed by atoms with Crippen LogP contribution in [0.5, 0.6) is 0 Å². The number of carbonyl (C=O) groups excluding carboxylic acids is 2. The highest BCUT2D eigenvalue weighted by atomic mass is 16.5. The molecule has 1 aliphatic carbocycles. The lowest BCUT2D eigenvalue weighted by Gasteiger charge is -2.05. The predicted octanol–water partition coefficient (Wildman–Crippen LogP) is 1.54. The number of esters is 1. The Morgan fingerprint density at radius 1 is 1.44 bits per heavy atom. The molecule has 1 aromatic heterocycles. The van der Waals surface area contributed by atoms with Gasteiger partial charge in [-0.3, -0.25) is 9.59 Å². The van der Waals surface area contributed by atoms with E-state index in [0.29, 0.717) is 23.9 Å². The van der Waals surface area contributed by atoms with Crippen molar-refractivity contribution in [1.29, 1.82) is 0 Å². The second-order valence-corrected chi connectivity index (χ2v) is 4.46. The van der Waals surface area contributed by atoms with Gasteiger partial charge in [0.1, 0.15) is 5.82 Å². The molecule has 1 aromatic rings. The molecule has 0 bridgehead atoms. The summed E-state index contributed by atoms with van der Waals surface area (Å²) in [4.78, 5) is 26.9. The van der Waals surface area contributed by atoms with Gasteiger partial charge in [0, 0.05) is 6.42 Å². The first-order valence-electron chi connectivity index (χ1n) is 6.00. The quantitative estimate of drug-likeness (QED) is 0.802. The Balaban J connectivity index is 1.93. The maximum Gasteiger partial charge on any atom is 0.311 e. The molecule has 0 saturated heterocycles. The van der Waals surface area contributed by atoms with Crippen molar-refractivity contribution in [1.82, 2.24) is 4.98 Å². The molecule has 5 heteroatoms. The number of nitrogens with one attached hydrogen (secondary N) is 1. The van der Waals surface area contributed by atoms with Crippen LogP contribution in [0.15, 0.2) is 18.2 Å². The third-order valence-electron chi connectivity index (χ3n) is 2.80. The number of amides is 1. The van der Waals surface area contributed by atoms with E-state index in [-0.39, 0.29) is 18.3 Å². The average molecular weight is 248 g/mol. The van der Waals surface area contributed by atoms with Crippen LogP contribution in [-0.2, 0) is 20.7 Å². The standard InChI is InChI=1S/C13H16N2O3/c1-18-13(17)8-10-3-2-4-11(14-10)15-12(16)7-9-5-6-9/h2-4,9H,5-8H2,1H3,(H,14,15,16). The van der Waals surface area contributed by atoms with E-state index in [1.54, 1.807) is 18.2 Å². The number of hydrogen-bond acceptors (Lipinski definition) is 4. The molecule has 1 saturated carbocycles. The minimum Gasteiger partial charge on any atom is -0.469 e. The van der Waals surface area contributed by atoms with Gasteiger partial charge in [-0.05, 0) is 30.9 Å². The number of carbonyl (C=O) groups is 2. The van der Waals surface area contributed by atoms with Crippen molar-refractivity contribution in [2.75, 3.05) is 12.4 Å². The molecule has 1 heterocycles. The van der Waals surface area contributed by atoms with Gasteiger partial charge in [0.25, 0.3) is 0 Å². The molecular weight excluding hydrogens is 232 g/mol. The zero-order valence-corrected chi connectivity index (χ0v) is 10.3. The summed E-state index contributed by atoms with van der Waals surface area (Å²) in [5.74, 6) is 0.675. The van der Waals surface area contributed by atoms with Crippen LogP contribution in [0, 0.1) is 5.92 Å². The van der Waals surface area contributed by atoms with Gasteiger partial charge in [-0.15, -0.1) is 0 Å². The average Bonchev–Trinajstić information content (AvgIpc) is 3.13. The molecule has 0 unspecified atom stereocenters. The number of hydrogen-bond donors (Lipinski definition) is 1. The summed E-state index contributed by atoms with van der Waals surface area (Å²) in [6.07, 6.45) is 2.96. The van der Waals surface area contributed by atoms with E-state index < -0.39 is 0 Å². The Bertz CT molecular complexity index is 455. The number of ether oxygens (including phenoxy) is 1. The fourth-order valence-corrected chi connectivity index (χ4v) is 1.65. The SMILES string of the molecule is COC(=O)Cc1cccc(NC(=O)CC2CC2)n1. The largest absolute Gasteiger partial charge is 0.469 e. The minimum absolute atomic E-state index is 0.0137. The highest BCUT2D eigenvalue weighted by Gasteiger charge is 2.24. The molecule has 96 valence electrons. The maximum absolute atomic E-state index is 11.6. The molecule has 5 nitrogen and oxygen atoms in total. The van der Waals surface area contributed by atoms with Crippen LogP contribution >= 0.6 is 0 Å². The first-order valence-corrected chi connectivity index (χ1v) is 6.00. The summed E-state index contributed by atoms with van der Waals surface area (Å²) in [6, 6.07) is 5.21. The van der Waals surface area contributed by atoms with Crippen molar-refractivity contribution in [2.24, 2.45) is 5.92 Å². The number of rotatable bonds is 5. The number of methoxy groups -OCH3 is 1. The van der Waals surface area contributed by atoms with Crippen LogP contribution in [0.1, 0.15) is 25.0 Å².